The molecule has 0 bridgehead atoms. The minimum absolute atomic E-state index is 0.0564. The molecule has 4 amide bonds. The Morgan fingerprint density at radius 2 is 1.89 bits per heavy atom. The quantitative estimate of drug-likeness (QED) is 0.309. The van der Waals surface area contributed by atoms with Gasteiger partial charge < -0.3 is 30.1 Å². The summed E-state index contributed by atoms with van der Waals surface area (Å²) in [4.78, 5) is 60.9. The molecule has 4 fully saturated rings. The normalized spacial score (nSPS) is 32.5. The van der Waals surface area contributed by atoms with Crippen molar-refractivity contribution < 1.29 is 46.6 Å². The van der Waals surface area contributed by atoms with Crippen molar-refractivity contribution in [2.24, 2.45) is 5.92 Å². The smallest absolute Gasteiger partial charge is 0.405 e. The first-order valence-corrected chi connectivity index (χ1v) is 20.4. The van der Waals surface area contributed by atoms with E-state index in [0.29, 0.717) is 60.0 Å². The van der Waals surface area contributed by atoms with Crippen LogP contribution < -0.4 is 24.8 Å². The number of nitrogens with one attached hydrogen (secondary N) is 3. The average Bonchev–Trinajstić information content (AvgIpc) is 4.05. The number of ether oxygens (including phenoxy) is 2. The second-order valence-electron chi connectivity index (χ2n) is 16.3. The molecule has 1 aromatic heterocycles. The summed E-state index contributed by atoms with van der Waals surface area (Å²) in [5.41, 5.74) is -1.44. The Bertz CT molecular complexity index is 2070. The number of allylic oxidation sites excluding steroid dienone is 1. The summed E-state index contributed by atoms with van der Waals surface area (Å²) in [6.45, 7) is 1.34. The second kappa shape index (κ2) is 13.1. The Balaban J connectivity index is 1.17. The predicted octanol–water partition coefficient (Wildman–Crippen LogP) is 4.28. The zero-order valence-corrected chi connectivity index (χ0v) is 31.2. The molecule has 3 aliphatic carbocycles. The highest BCUT2D eigenvalue weighted by molar-refractivity contribution is 7.91. The summed E-state index contributed by atoms with van der Waals surface area (Å²) in [5, 5.41) is 15.4. The maximum Gasteiger partial charge on any atom is 0.405 e. The van der Waals surface area contributed by atoms with Crippen LogP contribution in [0.1, 0.15) is 107 Å². The van der Waals surface area contributed by atoms with Crippen molar-refractivity contribution in [1.82, 2.24) is 25.2 Å². The molecule has 14 nitrogen and oxygen atoms in total. The zero-order valence-electron chi connectivity index (χ0n) is 30.4. The van der Waals surface area contributed by atoms with E-state index in [1.807, 2.05) is 12.2 Å². The van der Waals surface area contributed by atoms with Crippen LogP contribution in [0.4, 0.5) is 9.18 Å². The summed E-state index contributed by atoms with van der Waals surface area (Å²) in [5.74, 6) is -1.89. The Labute approximate surface area is 312 Å². The Kier molecular flexibility index (Phi) is 8.85. The lowest BCUT2D eigenvalue weighted by Gasteiger charge is -2.38. The number of pyridine rings is 1. The molecule has 1 saturated heterocycles. The van der Waals surface area contributed by atoms with Crippen LogP contribution in [0.25, 0.3) is 10.9 Å². The van der Waals surface area contributed by atoms with Crippen LogP contribution in [0.2, 0.25) is 0 Å². The van der Waals surface area contributed by atoms with Gasteiger partial charge in [-0.15, -0.1) is 0 Å². The molecule has 0 unspecified atom stereocenters. The van der Waals surface area contributed by atoms with Gasteiger partial charge in [-0.1, -0.05) is 25.0 Å². The fraction of sp³-hybridized carbons (Fsp3) is 0.605. The Hall–Kier alpha value is -4.47. The fourth-order valence-corrected chi connectivity index (χ4v) is 9.80. The highest BCUT2D eigenvalue weighted by atomic mass is 32.2. The van der Waals surface area contributed by atoms with Gasteiger partial charge in [0.1, 0.15) is 40.9 Å². The van der Waals surface area contributed by atoms with Crippen molar-refractivity contribution >= 4 is 44.7 Å². The van der Waals surface area contributed by atoms with Gasteiger partial charge in [0, 0.05) is 35.6 Å². The van der Waals surface area contributed by atoms with Crippen LogP contribution in [0.3, 0.4) is 0 Å². The van der Waals surface area contributed by atoms with E-state index in [1.54, 1.807) is 25.1 Å². The number of amides is 4. The van der Waals surface area contributed by atoms with Crippen LogP contribution in [0, 0.1) is 5.92 Å². The molecule has 3 aliphatic heterocycles. The van der Waals surface area contributed by atoms with Gasteiger partial charge in [-0.2, -0.15) is 0 Å². The number of benzene rings is 1. The first-order valence-electron chi connectivity index (χ1n) is 18.9. The zero-order chi connectivity index (χ0) is 38.2. The number of methoxy groups -OCH3 is 1. The molecule has 16 heteroatoms. The number of nitrogens with zero attached hydrogens (tertiary/aromatic N) is 2. The minimum Gasteiger partial charge on any atom is -0.497 e. The summed E-state index contributed by atoms with van der Waals surface area (Å²) < 4.78 is 56.6. The molecule has 3 saturated carbocycles. The molecule has 2 aromatic rings. The van der Waals surface area contributed by atoms with Crippen molar-refractivity contribution in [3.63, 3.8) is 0 Å². The molecule has 4 N–H and O–H groups in total. The van der Waals surface area contributed by atoms with Gasteiger partial charge in [0.15, 0.2) is 0 Å². The van der Waals surface area contributed by atoms with Crippen molar-refractivity contribution in [2.45, 2.75) is 124 Å². The van der Waals surface area contributed by atoms with Gasteiger partial charge in [0.2, 0.25) is 21.8 Å². The molecule has 6 aliphatic rings. The Morgan fingerprint density at radius 3 is 2.59 bits per heavy atom. The molecule has 0 radical (unpaired) electrons. The number of alkyl halides is 1. The van der Waals surface area contributed by atoms with Gasteiger partial charge >= 0.3 is 6.09 Å². The SMILES string of the molecule is COc1ccc2nc(C3CC3)c3c(c2c1)[C@H](F)C[C@]1(C[C@H]2C(=O)N[C@]4(C(=O)NS(=O)(=O)C5(C)CC5)C[C@H]4/C=C\CCCCC[C@H](NC(=O)O)C(=O)N2C1)O3. The van der Waals surface area contributed by atoms with E-state index in [0.717, 1.165) is 19.3 Å². The third-order valence-corrected chi connectivity index (χ3v) is 14.4. The summed E-state index contributed by atoms with van der Waals surface area (Å²) in [6.07, 6.45) is 5.80. The molecule has 1 aromatic carbocycles. The van der Waals surface area contributed by atoms with Crippen molar-refractivity contribution in [3.05, 3.63) is 41.6 Å². The molecule has 1 spiro atoms. The molecule has 54 heavy (non-hydrogen) atoms. The van der Waals surface area contributed by atoms with E-state index < -0.39 is 73.9 Å². The van der Waals surface area contributed by atoms with E-state index in [9.17, 15) is 32.7 Å². The lowest BCUT2D eigenvalue weighted by atomic mass is 9.85. The fourth-order valence-electron chi connectivity index (χ4n) is 8.49. The number of hydrogen-bond donors (Lipinski definition) is 4. The summed E-state index contributed by atoms with van der Waals surface area (Å²) in [7, 11) is -2.52. The van der Waals surface area contributed by atoms with E-state index >= 15 is 4.39 Å². The number of rotatable bonds is 6. The lowest BCUT2D eigenvalue weighted by Crippen LogP contribution is -2.58. The predicted molar refractivity (Wildman–Crippen MR) is 193 cm³/mol. The molecule has 8 rings (SSSR count). The largest absolute Gasteiger partial charge is 0.497 e. The Morgan fingerprint density at radius 1 is 1.11 bits per heavy atom. The highest BCUT2D eigenvalue weighted by Gasteiger charge is 2.64. The van der Waals surface area contributed by atoms with Gasteiger partial charge in [0.05, 0.1) is 29.6 Å². The number of carbonyl (C=O) groups excluding carboxylic acids is 3. The number of carboxylic acid groups (broad SMARTS) is 1. The van der Waals surface area contributed by atoms with Crippen LogP contribution in [-0.2, 0) is 24.4 Å². The number of carbonyl (C=O) groups is 4. The van der Waals surface area contributed by atoms with Crippen molar-refractivity contribution in [3.8, 4) is 11.5 Å². The van der Waals surface area contributed by atoms with E-state index in [-0.39, 0.29) is 43.9 Å². The lowest BCUT2D eigenvalue weighted by molar-refractivity contribution is -0.141. The standard InChI is InChI=1S/C38H46FN5O9S/c1-36(14-15-36)54(50,51)43-34(47)38-17-22(38)8-6-4-3-5-7-9-27(41-35(48)49)33(46)44-20-37(19-28(44)32(45)42-38)18-25(39)29-24-16-23(52-2)12-13-26(24)40-30(21-10-11-21)31(29)53-37/h6,8,12-13,16,21-22,25,27-28,41H,3-5,7,9-11,14-15,17-20H2,1-2H3,(H,42,45)(H,43,47)(H,48,49)/b8-6-/t22-,25-,27+,28+,37-,38-/m1/s1. The summed E-state index contributed by atoms with van der Waals surface area (Å²) >= 11 is 0. The molecule has 6 atom stereocenters. The number of halogens is 1. The second-order valence-corrected chi connectivity index (χ2v) is 18.5. The first-order chi connectivity index (χ1) is 25.7. The van der Waals surface area contributed by atoms with Crippen LogP contribution in [-0.4, -0.2) is 88.8 Å². The number of fused-ring (bicyclic) bond motifs is 5. The monoisotopic (exact) mass is 767 g/mol. The van der Waals surface area contributed by atoms with E-state index in [1.165, 1.54) is 12.0 Å². The van der Waals surface area contributed by atoms with Crippen molar-refractivity contribution in [1.29, 1.82) is 0 Å². The summed E-state index contributed by atoms with van der Waals surface area (Å²) in [6, 6.07) is 2.78. The van der Waals surface area contributed by atoms with Crippen molar-refractivity contribution in [2.75, 3.05) is 13.7 Å². The third-order valence-electron chi connectivity index (χ3n) is 12.3. The number of sulfonamides is 1. The number of hydrogen-bond acceptors (Lipinski definition) is 9. The van der Waals surface area contributed by atoms with Gasteiger partial charge in [-0.3, -0.25) is 19.1 Å². The third kappa shape index (κ3) is 6.43. The average molecular weight is 768 g/mol. The van der Waals surface area contributed by atoms with E-state index in [2.05, 4.69) is 15.4 Å². The van der Waals surface area contributed by atoms with Crippen LogP contribution >= 0.6 is 0 Å². The highest BCUT2D eigenvalue weighted by Crippen LogP contribution is 2.55. The van der Waals surface area contributed by atoms with Gasteiger partial charge in [0.25, 0.3) is 5.91 Å². The van der Waals surface area contributed by atoms with Crippen LogP contribution in [0.15, 0.2) is 30.4 Å². The van der Waals surface area contributed by atoms with Gasteiger partial charge in [-0.05, 0) is 76.5 Å². The minimum atomic E-state index is -4.04. The molecular formula is C38H46FN5O9S. The first kappa shape index (κ1) is 36.5. The maximum absolute atomic E-state index is 16.9. The molecule has 290 valence electrons. The van der Waals surface area contributed by atoms with Gasteiger partial charge in [-0.25, -0.2) is 22.6 Å². The number of aromatic nitrogens is 1. The van der Waals surface area contributed by atoms with Crippen LogP contribution in [0.5, 0.6) is 11.5 Å². The van der Waals surface area contributed by atoms with E-state index in [4.69, 9.17) is 14.5 Å². The topological polar surface area (TPSA) is 193 Å². The molecular weight excluding hydrogens is 722 g/mol. The maximum atomic E-state index is 16.9. The molecule has 4 heterocycles.